The number of alkyl halides is 3. The van der Waals surface area contributed by atoms with Crippen LogP contribution in [0.3, 0.4) is 0 Å². The Labute approximate surface area is 189 Å². The van der Waals surface area contributed by atoms with Crippen LogP contribution in [0.25, 0.3) is 0 Å². The minimum absolute atomic E-state index is 0.0130. The molecule has 2 atom stereocenters. The maximum absolute atomic E-state index is 13.3. The first-order valence-corrected chi connectivity index (χ1v) is 10.3. The molecule has 0 saturated carbocycles. The number of ether oxygens (including phenoxy) is 1. The zero-order valence-electron chi connectivity index (χ0n) is 17.8. The molecule has 5 nitrogen and oxygen atoms in total. The third kappa shape index (κ3) is 6.81. The van der Waals surface area contributed by atoms with E-state index in [2.05, 4.69) is 5.32 Å². The van der Waals surface area contributed by atoms with Gasteiger partial charge in [-0.15, -0.1) is 0 Å². The largest absolute Gasteiger partial charge is 0.481 e. The number of carbonyl (C=O) groups is 1. The third-order valence-corrected chi connectivity index (χ3v) is 5.10. The highest BCUT2D eigenvalue weighted by Gasteiger charge is 2.31. The van der Waals surface area contributed by atoms with Crippen LogP contribution in [0.2, 0.25) is 0 Å². The number of carboxylic acid groups (broad SMARTS) is 1. The molecule has 0 aliphatic carbocycles. The molecular weight excluding hydrogens is 435 g/mol. The van der Waals surface area contributed by atoms with E-state index in [9.17, 15) is 23.1 Å². The summed E-state index contributed by atoms with van der Waals surface area (Å²) < 4.78 is 45.7. The highest BCUT2D eigenvalue weighted by molar-refractivity contribution is 5.70. The number of aliphatic hydroxyl groups excluding tert-OH is 1. The van der Waals surface area contributed by atoms with E-state index in [0.29, 0.717) is 16.9 Å². The predicted octanol–water partition coefficient (Wildman–Crippen LogP) is 5.34. The van der Waals surface area contributed by atoms with E-state index < -0.39 is 29.9 Å². The summed E-state index contributed by atoms with van der Waals surface area (Å²) in [6, 6.07) is 18.1. The molecule has 0 saturated heterocycles. The molecule has 0 heterocycles. The summed E-state index contributed by atoms with van der Waals surface area (Å²) in [7, 11) is 0. The van der Waals surface area contributed by atoms with E-state index in [0.717, 1.165) is 12.1 Å². The molecule has 0 aromatic heterocycles. The fourth-order valence-corrected chi connectivity index (χ4v) is 3.34. The Hall–Kier alpha value is -3.36. The van der Waals surface area contributed by atoms with E-state index >= 15 is 0 Å². The van der Waals surface area contributed by atoms with E-state index in [1.807, 2.05) is 6.07 Å². The van der Waals surface area contributed by atoms with Gasteiger partial charge in [0.05, 0.1) is 18.1 Å². The molecule has 174 valence electrons. The molecule has 0 aliphatic rings. The topological polar surface area (TPSA) is 78.8 Å². The molecule has 0 radical (unpaired) electrons. The van der Waals surface area contributed by atoms with Crippen molar-refractivity contribution in [3.8, 4) is 11.5 Å². The maximum Gasteiger partial charge on any atom is 0.416 e. The third-order valence-electron chi connectivity index (χ3n) is 5.10. The average Bonchev–Trinajstić information content (AvgIpc) is 2.77. The van der Waals surface area contributed by atoms with Crippen LogP contribution in [-0.2, 0) is 23.9 Å². The van der Waals surface area contributed by atoms with Crippen molar-refractivity contribution in [1.82, 2.24) is 5.32 Å². The second kappa shape index (κ2) is 10.5. The molecule has 0 fully saturated rings. The number of hydrogen-bond donors (Lipinski definition) is 3. The Morgan fingerprint density at radius 3 is 2.42 bits per heavy atom. The van der Waals surface area contributed by atoms with Crippen LogP contribution >= 0.6 is 0 Å². The molecule has 0 bridgehead atoms. The van der Waals surface area contributed by atoms with Crippen molar-refractivity contribution in [3.05, 3.63) is 95.1 Å². The van der Waals surface area contributed by atoms with Gasteiger partial charge in [0.1, 0.15) is 11.5 Å². The molecule has 0 unspecified atom stereocenters. The SMILES string of the molecule is C[C@H](NCc1cc(C(F)(F)F)ccc1Oc1cccc(CC(=O)O)c1)[C@H](O)c1ccccc1. The van der Waals surface area contributed by atoms with Gasteiger partial charge in [-0.1, -0.05) is 42.5 Å². The quantitative estimate of drug-likeness (QED) is 0.403. The Balaban J connectivity index is 1.82. The summed E-state index contributed by atoms with van der Waals surface area (Å²) >= 11 is 0. The first-order chi connectivity index (χ1) is 15.6. The van der Waals surface area contributed by atoms with Crippen LogP contribution < -0.4 is 10.1 Å². The van der Waals surface area contributed by atoms with Gasteiger partial charge in [0.15, 0.2) is 0 Å². The number of aliphatic carboxylic acids is 1. The lowest BCUT2D eigenvalue weighted by molar-refractivity contribution is -0.138. The molecule has 0 amide bonds. The number of nitrogens with one attached hydrogen (secondary N) is 1. The van der Waals surface area contributed by atoms with Crippen LogP contribution in [-0.4, -0.2) is 22.2 Å². The van der Waals surface area contributed by atoms with Crippen molar-refractivity contribution < 1.29 is 32.9 Å². The van der Waals surface area contributed by atoms with Crippen LogP contribution in [0.5, 0.6) is 11.5 Å². The number of halogens is 3. The van der Waals surface area contributed by atoms with Gasteiger partial charge in [0, 0.05) is 18.2 Å². The molecule has 3 aromatic carbocycles. The van der Waals surface area contributed by atoms with Gasteiger partial charge in [-0.2, -0.15) is 13.2 Å². The van der Waals surface area contributed by atoms with Crippen LogP contribution in [0.15, 0.2) is 72.8 Å². The zero-order chi connectivity index (χ0) is 24.0. The number of carboxylic acids is 1. The number of aliphatic hydroxyl groups is 1. The molecule has 3 aromatic rings. The van der Waals surface area contributed by atoms with Crippen LogP contribution in [0.4, 0.5) is 13.2 Å². The van der Waals surface area contributed by atoms with Gasteiger partial charge < -0.3 is 20.3 Å². The summed E-state index contributed by atoms with van der Waals surface area (Å²) in [6.07, 6.45) is -5.58. The van der Waals surface area contributed by atoms with Crippen molar-refractivity contribution in [2.24, 2.45) is 0 Å². The normalized spacial score (nSPS) is 13.4. The number of benzene rings is 3. The minimum Gasteiger partial charge on any atom is -0.481 e. The highest BCUT2D eigenvalue weighted by atomic mass is 19.4. The first-order valence-electron chi connectivity index (χ1n) is 10.3. The van der Waals surface area contributed by atoms with E-state index in [1.165, 1.54) is 12.1 Å². The van der Waals surface area contributed by atoms with Crippen molar-refractivity contribution in [3.63, 3.8) is 0 Å². The molecule has 0 spiro atoms. The fraction of sp³-hybridized carbons (Fsp3) is 0.240. The molecule has 33 heavy (non-hydrogen) atoms. The molecular formula is C25H24F3NO4. The Morgan fingerprint density at radius 1 is 1.03 bits per heavy atom. The second-order valence-electron chi connectivity index (χ2n) is 7.67. The molecule has 3 rings (SSSR count). The average molecular weight is 459 g/mol. The summed E-state index contributed by atoms with van der Waals surface area (Å²) in [5.74, 6) is -0.492. The van der Waals surface area contributed by atoms with Gasteiger partial charge in [0.2, 0.25) is 0 Å². The lowest BCUT2D eigenvalue weighted by Crippen LogP contribution is -2.31. The second-order valence-corrected chi connectivity index (χ2v) is 7.67. The predicted molar refractivity (Wildman–Crippen MR) is 117 cm³/mol. The fourth-order valence-electron chi connectivity index (χ4n) is 3.34. The summed E-state index contributed by atoms with van der Waals surface area (Å²) in [6.45, 7) is 1.75. The number of rotatable bonds is 9. The maximum atomic E-state index is 13.3. The van der Waals surface area contributed by atoms with Crippen LogP contribution in [0, 0.1) is 0 Å². The van der Waals surface area contributed by atoms with Gasteiger partial charge in [-0.25, -0.2) is 0 Å². The van der Waals surface area contributed by atoms with Gasteiger partial charge in [-0.3, -0.25) is 4.79 Å². The molecule has 8 heteroatoms. The Kier molecular flexibility index (Phi) is 7.73. The molecule has 0 aliphatic heterocycles. The lowest BCUT2D eigenvalue weighted by Gasteiger charge is -2.22. The van der Waals surface area contributed by atoms with Crippen molar-refractivity contribution in [2.75, 3.05) is 0 Å². The van der Waals surface area contributed by atoms with Gasteiger partial charge in [0.25, 0.3) is 0 Å². The summed E-state index contributed by atoms with van der Waals surface area (Å²) in [5, 5.41) is 22.6. The van der Waals surface area contributed by atoms with Crippen molar-refractivity contribution in [1.29, 1.82) is 0 Å². The molecule has 3 N–H and O–H groups in total. The van der Waals surface area contributed by atoms with Crippen molar-refractivity contribution >= 4 is 5.97 Å². The number of hydrogen-bond acceptors (Lipinski definition) is 4. The van der Waals surface area contributed by atoms with Gasteiger partial charge in [-0.05, 0) is 48.4 Å². The summed E-state index contributed by atoms with van der Waals surface area (Å²) in [5.41, 5.74) is 0.627. The van der Waals surface area contributed by atoms with E-state index in [1.54, 1.807) is 49.4 Å². The van der Waals surface area contributed by atoms with E-state index in [4.69, 9.17) is 9.84 Å². The van der Waals surface area contributed by atoms with E-state index in [-0.39, 0.29) is 24.3 Å². The van der Waals surface area contributed by atoms with Crippen LogP contribution in [0.1, 0.15) is 35.3 Å². The van der Waals surface area contributed by atoms with Crippen molar-refractivity contribution in [2.45, 2.75) is 38.2 Å². The minimum atomic E-state index is -4.52. The Morgan fingerprint density at radius 2 is 1.76 bits per heavy atom. The smallest absolute Gasteiger partial charge is 0.416 e. The summed E-state index contributed by atoms with van der Waals surface area (Å²) in [4.78, 5) is 11.0. The lowest BCUT2D eigenvalue weighted by atomic mass is 10.0. The standard InChI is InChI=1S/C25H24F3NO4/c1-16(24(32)18-7-3-2-4-8-18)29-15-19-14-20(25(26,27)28)10-11-22(19)33-21-9-5-6-17(12-21)13-23(30)31/h2-12,14,16,24,29,32H,13,15H2,1H3,(H,30,31)/t16-,24-/m0/s1. The monoisotopic (exact) mass is 459 g/mol. The zero-order valence-corrected chi connectivity index (χ0v) is 17.8. The highest BCUT2D eigenvalue weighted by Crippen LogP contribution is 2.34. The Bertz CT molecular complexity index is 1090. The first kappa shape index (κ1) is 24.3. The van der Waals surface area contributed by atoms with Gasteiger partial charge >= 0.3 is 12.1 Å².